The summed E-state index contributed by atoms with van der Waals surface area (Å²) in [6, 6.07) is 4.04. The molecule has 3 amide bonds. The van der Waals surface area contributed by atoms with Crippen LogP contribution in [-0.2, 0) is 14.8 Å². The van der Waals surface area contributed by atoms with Gasteiger partial charge in [0.15, 0.2) is 0 Å². The zero-order valence-corrected chi connectivity index (χ0v) is 21.1. The lowest BCUT2D eigenvalue weighted by Crippen LogP contribution is -2.51. The van der Waals surface area contributed by atoms with Crippen LogP contribution in [0.4, 0.5) is 10.5 Å². The lowest BCUT2D eigenvalue weighted by Gasteiger charge is -2.36. The van der Waals surface area contributed by atoms with E-state index in [1.54, 1.807) is 24.0 Å². The van der Waals surface area contributed by atoms with E-state index in [2.05, 4.69) is 10.0 Å². The maximum absolute atomic E-state index is 13.2. The number of fused-ring (bicyclic) bond motifs is 1. The number of rotatable bonds is 5. The summed E-state index contributed by atoms with van der Waals surface area (Å²) in [5.41, 5.74) is 0.584. The summed E-state index contributed by atoms with van der Waals surface area (Å²) in [5.74, 6) is -0.0694. The molecule has 1 aliphatic heterocycles. The van der Waals surface area contributed by atoms with Crippen LogP contribution in [0.25, 0.3) is 0 Å². The van der Waals surface area contributed by atoms with E-state index in [-0.39, 0.29) is 48.0 Å². The second-order valence-corrected chi connectivity index (χ2v) is 10.3. The van der Waals surface area contributed by atoms with Gasteiger partial charge in [-0.15, -0.1) is 0 Å². The van der Waals surface area contributed by atoms with Crippen LogP contribution >= 0.6 is 0 Å². The lowest BCUT2D eigenvalue weighted by atomic mass is 10.0. The highest BCUT2D eigenvalue weighted by Gasteiger charge is 2.30. The summed E-state index contributed by atoms with van der Waals surface area (Å²) in [4.78, 5) is 29.3. The Kier molecular flexibility index (Phi) is 9.35. The van der Waals surface area contributed by atoms with Crippen LogP contribution in [0.5, 0.6) is 5.75 Å². The van der Waals surface area contributed by atoms with Gasteiger partial charge in [0.05, 0.1) is 29.7 Å². The van der Waals surface area contributed by atoms with Crippen LogP contribution in [0.3, 0.4) is 0 Å². The van der Waals surface area contributed by atoms with Crippen molar-refractivity contribution in [3.8, 4) is 5.75 Å². The molecule has 2 rings (SSSR count). The van der Waals surface area contributed by atoms with Crippen molar-refractivity contribution in [3.05, 3.63) is 23.8 Å². The van der Waals surface area contributed by atoms with E-state index < -0.39 is 10.0 Å². The topological polar surface area (TPSA) is 117 Å². The van der Waals surface area contributed by atoms with Crippen molar-refractivity contribution < 1.29 is 27.5 Å². The van der Waals surface area contributed by atoms with Crippen LogP contribution in [0, 0.1) is 5.92 Å². The fourth-order valence-corrected chi connectivity index (χ4v) is 4.22. The van der Waals surface area contributed by atoms with E-state index in [4.69, 9.17) is 9.47 Å². The largest absolute Gasteiger partial charge is 0.491 e. The van der Waals surface area contributed by atoms with Gasteiger partial charge in [-0.3, -0.25) is 9.52 Å². The Morgan fingerprint density at radius 3 is 2.58 bits per heavy atom. The van der Waals surface area contributed by atoms with Gasteiger partial charge in [0.2, 0.25) is 10.0 Å². The first kappa shape index (κ1) is 26.7. The van der Waals surface area contributed by atoms with Gasteiger partial charge in [0.1, 0.15) is 12.4 Å². The molecule has 1 heterocycles. The van der Waals surface area contributed by atoms with Gasteiger partial charge in [0, 0.05) is 45.8 Å². The summed E-state index contributed by atoms with van der Waals surface area (Å²) in [5, 5.41) is 2.92. The highest BCUT2D eigenvalue weighted by atomic mass is 32.2. The number of benzene rings is 1. The summed E-state index contributed by atoms with van der Waals surface area (Å²) in [7, 11) is -0.235. The molecule has 3 atom stereocenters. The van der Waals surface area contributed by atoms with Gasteiger partial charge in [-0.2, -0.15) is 0 Å². The predicted molar refractivity (Wildman–Crippen MR) is 127 cm³/mol. The Balaban J connectivity index is 2.45. The molecular weight excluding hydrogens is 448 g/mol. The van der Waals surface area contributed by atoms with Crippen molar-refractivity contribution >= 4 is 27.6 Å². The SMILES string of the molecule is CCCNC(=O)N1C[C@@H](C)[C@@H](OC)CN(C)C(=O)c2ccc(NS(C)(=O)=O)cc2OC[C@@H]1C. The molecule has 0 unspecified atom stereocenters. The molecule has 11 heteroatoms. The van der Waals surface area contributed by atoms with Gasteiger partial charge in [-0.25, -0.2) is 13.2 Å². The number of likely N-dealkylation sites (N-methyl/N-ethyl adjacent to an activating group) is 1. The molecule has 33 heavy (non-hydrogen) atoms. The van der Waals surface area contributed by atoms with Crippen molar-refractivity contribution in [2.45, 2.75) is 39.3 Å². The third-order valence-electron chi connectivity index (χ3n) is 5.54. The van der Waals surface area contributed by atoms with E-state index >= 15 is 0 Å². The zero-order chi connectivity index (χ0) is 24.8. The maximum Gasteiger partial charge on any atom is 0.317 e. The Morgan fingerprint density at radius 1 is 1.27 bits per heavy atom. The number of nitrogens with zero attached hydrogens (tertiary/aromatic N) is 2. The maximum atomic E-state index is 13.2. The molecule has 0 fully saturated rings. The third-order valence-corrected chi connectivity index (χ3v) is 6.14. The smallest absolute Gasteiger partial charge is 0.317 e. The van der Waals surface area contributed by atoms with Gasteiger partial charge >= 0.3 is 6.03 Å². The molecule has 2 N–H and O–H groups in total. The Labute approximate surface area is 196 Å². The van der Waals surface area contributed by atoms with Crippen molar-refractivity contribution in [1.82, 2.24) is 15.1 Å². The van der Waals surface area contributed by atoms with Crippen LogP contribution < -0.4 is 14.8 Å². The number of hydrogen-bond donors (Lipinski definition) is 2. The van der Waals surface area contributed by atoms with Crippen molar-refractivity contribution in [3.63, 3.8) is 0 Å². The van der Waals surface area contributed by atoms with Crippen LogP contribution in [0.1, 0.15) is 37.6 Å². The average Bonchev–Trinajstić information content (AvgIpc) is 2.75. The van der Waals surface area contributed by atoms with Crippen LogP contribution in [0.15, 0.2) is 18.2 Å². The molecule has 1 aromatic carbocycles. The molecule has 0 aliphatic carbocycles. The second kappa shape index (κ2) is 11.6. The molecular formula is C22H36N4O6S. The third kappa shape index (κ3) is 7.50. The number of urea groups is 1. The number of carbonyl (C=O) groups excluding carboxylic acids is 2. The highest BCUT2D eigenvalue weighted by Crippen LogP contribution is 2.27. The first-order chi connectivity index (χ1) is 15.5. The predicted octanol–water partition coefficient (Wildman–Crippen LogP) is 1.98. The van der Waals surface area contributed by atoms with Crippen molar-refractivity contribution in [2.24, 2.45) is 5.92 Å². The summed E-state index contributed by atoms with van der Waals surface area (Å²) in [6.45, 7) is 7.27. The number of ether oxygens (including phenoxy) is 2. The minimum atomic E-state index is -3.50. The fourth-order valence-electron chi connectivity index (χ4n) is 3.67. The summed E-state index contributed by atoms with van der Waals surface area (Å²) in [6.07, 6.45) is 1.58. The van der Waals surface area contributed by atoms with Crippen LogP contribution in [-0.4, -0.2) is 89.0 Å². The molecule has 186 valence electrons. The van der Waals surface area contributed by atoms with Gasteiger partial charge in [-0.1, -0.05) is 13.8 Å². The van der Waals surface area contributed by atoms with E-state index in [0.717, 1.165) is 12.7 Å². The first-order valence-electron chi connectivity index (χ1n) is 11.0. The zero-order valence-electron chi connectivity index (χ0n) is 20.3. The molecule has 0 radical (unpaired) electrons. The fraction of sp³-hybridized carbons (Fsp3) is 0.636. The molecule has 1 aromatic rings. The number of amides is 3. The molecule has 0 aromatic heterocycles. The van der Waals surface area contributed by atoms with E-state index in [0.29, 0.717) is 25.2 Å². The van der Waals surface area contributed by atoms with Crippen molar-refractivity contribution in [2.75, 3.05) is 51.4 Å². The number of anilines is 1. The summed E-state index contributed by atoms with van der Waals surface area (Å²) < 4.78 is 37.4. The molecule has 1 aliphatic rings. The quantitative estimate of drug-likeness (QED) is 0.660. The number of nitrogens with one attached hydrogen (secondary N) is 2. The lowest BCUT2D eigenvalue weighted by molar-refractivity contribution is 0.0166. The molecule has 10 nitrogen and oxygen atoms in total. The Morgan fingerprint density at radius 2 is 1.97 bits per heavy atom. The van der Waals surface area contributed by atoms with Crippen LogP contribution in [0.2, 0.25) is 0 Å². The normalized spacial score (nSPS) is 22.5. The average molecular weight is 485 g/mol. The highest BCUT2D eigenvalue weighted by molar-refractivity contribution is 7.92. The molecule has 0 bridgehead atoms. The minimum absolute atomic E-state index is 0.0414. The van der Waals surface area contributed by atoms with Gasteiger partial charge in [0.25, 0.3) is 5.91 Å². The van der Waals surface area contributed by atoms with Crippen molar-refractivity contribution in [1.29, 1.82) is 0 Å². The number of hydrogen-bond acceptors (Lipinski definition) is 6. The molecule has 0 saturated heterocycles. The van der Waals surface area contributed by atoms with Gasteiger partial charge in [-0.05, 0) is 25.5 Å². The number of sulfonamides is 1. The van der Waals surface area contributed by atoms with E-state index in [9.17, 15) is 18.0 Å². The Hall–Kier alpha value is -2.53. The first-order valence-corrected chi connectivity index (χ1v) is 12.9. The van der Waals surface area contributed by atoms with Gasteiger partial charge < -0.3 is 24.6 Å². The Bertz CT molecular complexity index is 939. The monoisotopic (exact) mass is 484 g/mol. The second-order valence-electron chi connectivity index (χ2n) is 8.57. The number of methoxy groups -OCH3 is 1. The van der Waals surface area contributed by atoms with E-state index in [1.165, 1.54) is 18.2 Å². The molecule has 0 spiro atoms. The molecule has 0 saturated carbocycles. The number of carbonyl (C=O) groups is 2. The minimum Gasteiger partial charge on any atom is -0.491 e. The standard InChI is InChI=1S/C22H36N4O6S/c1-7-10-23-22(28)26-12-15(2)20(31-5)13-25(4)21(27)18-9-8-17(24-33(6,29)30)11-19(18)32-14-16(26)3/h8-9,11,15-16,20,24H,7,10,12-14H2,1-6H3,(H,23,28)/t15-,16+,20+/m1/s1. The summed E-state index contributed by atoms with van der Waals surface area (Å²) >= 11 is 0. The van der Waals surface area contributed by atoms with E-state index in [1.807, 2.05) is 20.8 Å².